The molecular weight excluding hydrogens is 234 g/mol. The minimum atomic E-state index is 0.377. The van der Waals surface area contributed by atoms with E-state index in [-0.39, 0.29) is 0 Å². The van der Waals surface area contributed by atoms with Crippen molar-refractivity contribution in [1.29, 1.82) is 0 Å². The van der Waals surface area contributed by atoms with E-state index >= 15 is 0 Å². The van der Waals surface area contributed by atoms with Crippen LogP contribution in [0.2, 0.25) is 0 Å². The molecule has 1 fully saturated rings. The van der Waals surface area contributed by atoms with Gasteiger partial charge in [-0.15, -0.1) is 0 Å². The van der Waals surface area contributed by atoms with Gasteiger partial charge in [0.15, 0.2) is 0 Å². The van der Waals surface area contributed by atoms with Crippen molar-refractivity contribution in [2.75, 3.05) is 13.1 Å². The third-order valence-corrected chi connectivity index (χ3v) is 4.42. The Labute approximate surface area is 115 Å². The topological polar surface area (TPSA) is 29.1 Å². The summed E-state index contributed by atoms with van der Waals surface area (Å²) in [6.07, 6.45) is 6.99. The lowest BCUT2D eigenvalue weighted by Gasteiger charge is -2.25. The lowest BCUT2D eigenvalue weighted by molar-refractivity contribution is -0.118. The molecule has 19 heavy (non-hydrogen) atoms. The Morgan fingerprint density at radius 3 is 2.89 bits per heavy atom. The van der Waals surface area contributed by atoms with Crippen LogP contribution in [0.3, 0.4) is 0 Å². The van der Waals surface area contributed by atoms with Gasteiger partial charge in [-0.2, -0.15) is 0 Å². The van der Waals surface area contributed by atoms with Gasteiger partial charge >= 0.3 is 0 Å². The molecule has 2 aliphatic carbocycles. The van der Waals surface area contributed by atoms with Crippen LogP contribution in [0.25, 0.3) is 0 Å². The van der Waals surface area contributed by atoms with Crippen LogP contribution in [-0.2, 0) is 11.2 Å². The summed E-state index contributed by atoms with van der Waals surface area (Å²) in [6.45, 7) is 1.60. The summed E-state index contributed by atoms with van der Waals surface area (Å²) in [4.78, 5) is 12.1. The molecule has 2 aliphatic rings. The number of nitrogens with one attached hydrogen (secondary N) is 1. The van der Waals surface area contributed by atoms with E-state index in [1.54, 1.807) is 0 Å². The molecule has 0 spiro atoms. The Morgan fingerprint density at radius 2 is 2.05 bits per heavy atom. The van der Waals surface area contributed by atoms with E-state index in [1.165, 1.54) is 43.2 Å². The summed E-state index contributed by atoms with van der Waals surface area (Å²) in [5.74, 6) is 1.69. The monoisotopic (exact) mass is 257 g/mol. The number of rotatable bonds is 6. The Morgan fingerprint density at radius 1 is 1.21 bits per heavy atom. The molecule has 0 saturated heterocycles. The first-order valence-corrected chi connectivity index (χ1v) is 7.63. The van der Waals surface area contributed by atoms with Crippen LogP contribution in [0.1, 0.15) is 49.1 Å². The Balaban J connectivity index is 1.53. The molecule has 3 rings (SSSR count). The molecule has 1 atom stereocenters. The van der Waals surface area contributed by atoms with Crippen LogP contribution < -0.4 is 5.32 Å². The molecule has 2 heteroatoms. The molecule has 1 unspecified atom stereocenters. The second-order valence-electron chi connectivity index (χ2n) is 6.11. The summed E-state index contributed by atoms with van der Waals surface area (Å²) in [6, 6.07) is 8.65. The fourth-order valence-electron chi connectivity index (χ4n) is 3.15. The molecule has 0 aromatic heterocycles. The van der Waals surface area contributed by atoms with Gasteiger partial charge in [-0.3, -0.25) is 4.79 Å². The highest BCUT2D eigenvalue weighted by molar-refractivity contribution is 5.81. The van der Waals surface area contributed by atoms with Crippen molar-refractivity contribution in [3.8, 4) is 0 Å². The first-order chi connectivity index (χ1) is 9.33. The number of Topliss-reactive ketones (excluding diaryl/α,β-unsaturated/α-hetero) is 1. The van der Waals surface area contributed by atoms with E-state index in [4.69, 9.17) is 0 Å². The average molecular weight is 257 g/mol. The van der Waals surface area contributed by atoms with Gasteiger partial charge in [0.2, 0.25) is 0 Å². The maximum Gasteiger partial charge on any atom is 0.147 e. The fraction of sp³-hybridized carbons (Fsp3) is 0.588. The number of benzene rings is 1. The molecule has 0 aliphatic heterocycles. The van der Waals surface area contributed by atoms with E-state index < -0.39 is 0 Å². The van der Waals surface area contributed by atoms with Crippen molar-refractivity contribution < 1.29 is 4.79 Å². The van der Waals surface area contributed by atoms with Gasteiger partial charge in [0, 0.05) is 6.42 Å². The molecule has 1 aromatic carbocycles. The molecule has 2 nitrogen and oxygen atoms in total. The zero-order valence-corrected chi connectivity index (χ0v) is 11.5. The van der Waals surface area contributed by atoms with Crippen LogP contribution >= 0.6 is 0 Å². The maximum atomic E-state index is 12.1. The number of ketones is 1. The number of fused-ring (bicyclic) bond motifs is 1. The van der Waals surface area contributed by atoms with Gasteiger partial charge in [-0.05, 0) is 61.6 Å². The van der Waals surface area contributed by atoms with E-state index in [0.717, 1.165) is 12.5 Å². The number of aryl methyl sites for hydroxylation is 1. The summed E-state index contributed by atoms with van der Waals surface area (Å²) in [5.41, 5.74) is 2.88. The lowest BCUT2D eigenvalue weighted by Crippen LogP contribution is -2.26. The van der Waals surface area contributed by atoms with E-state index in [0.29, 0.717) is 24.7 Å². The Kier molecular flexibility index (Phi) is 3.97. The molecule has 1 aromatic rings. The van der Waals surface area contributed by atoms with Crippen LogP contribution in [-0.4, -0.2) is 18.9 Å². The first kappa shape index (κ1) is 12.9. The van der Waals surface area contributed by atoms with Gasteiger partial charge in [0.25, 0.3) is 0 Å². The van der Waals surface area contributed by atoms with Gasteiger partial charge in [-0.1, -0.05) is 24.3 Å². The Hall–Kier alpha value is -1.15. The second-order valence-corrected chi connectivity index (χ2v) is 6.11. The number of carbonyl (C=O) groups is 1. The second kappa shape index (κ2) is 5.87. The third-order valence-electron chi connectivity index (χ3n) is 4.42. The predicted octanol–water partition coefficient (Wildman–Crippen LogP) is 3.07. The largest absolute Gasteiger partial charge is 0.310 e. The molecule has 1 saturated carbocycles. The van der Waals surface area contributed by atoms with Crippen molar-refractivity contribution >= 4 is 5.78 Å². The Bertz CT molecular complexity index is 450. The quantitative estimate of drug-likeness (QED) is 0.848. The highest BCUT2D eigenvalue weighted by Gasteiger charge is 2.23. The summed E-state index contributed by atoms with van der Waals surface area (Å²) < 4.78 is 0. The molecule has 0 radical (unpaired) electrons. The molecule has 1 N–H and O–H groups in total. The van der Waals surface area contributed by atoms with Crippen LogP contribution in [0.15, 0.2) is 24.3 Å². The van der Waals surface area contributed by atoms with Crippen molar-refractivity contribution in [2.45, 2.75) is 44.4 Å². The summed E-state index contributed by atoms with van der Waals surface area (Å²) >= 11 is 0. The smallest absolute Gasteiger partial charge is 0.147 e. The zero-order chi connectivity index (χ0) is 13.1. The highest BCUT2D eigenvalue weighted by Crippen LogP contribution is 2.33. The van der Waals surface area contributed by atoms with Crippen molar-refractivity contribution in [3.63, 3.8) is 0 Å². The van der Waals surface area contributed by atoms with Crippen molar-refractivity contribution in [2.24, 2.45) is 5.92 Å². The van der Waals surface area contributed by atoms with Crippen molar-refractivity contribution in [3.05, 3.63) is 35.4 Å². The van der Waals surface area contributed by atoms with Crippen molar-refractivity contribution in [1.82, 2.24) is 5.32 Å². The van der Waals surface area contributed by atoms with E-state index in [1.807, 2.05) is 0 Å². The molecule has 0 bridgehead atoms. The van der Waals surface area contributed by atoms with Crippen LogP contribution in [0.4, 0.5) is 0 Å². The molecule has 102 valence electrons. The average Bonchev–Trinajstić information content (AvgIpc) is 3.23. The fourth-order valence-corrected chi connectivity index (χ4v) is 3.15. The molecule has 0 amide bonds. The number of hydrogen-bond donors (Lipinski definition) is 1. The maximum absolute atomic E-state index is 12.1. The van der Waals surface area contributed by atoms with Gasteiger partial charge < -0.3 is 5.32 Å². The minimum Gasteiger partial charge on any atom is -0.310 e. The summed E-state index contributed by atoms with van der Waals surface area (Å²) in [7, 11) is 0. The van der Waals surface area contributed by atoms with E-state index in [9.17, 15) is 4.79 Å². The van der Waals surface area contributed by atoms with Gasteiger partial charge in [0.05, 0.1) is 6.54 Å². The highest BCUT2D eigenvalue weighted by atomic mass is 16.1. The molecule has 0 heterocycles. The number of carbonyl (C=O) groups excluding carboxylic acids is 1. The summed E-state index contributed by atoms with van der Waals surface area (Å²) in [5, 5.41) is 3.31. The van der Waals surface area contributed by atoms with Crippen LogP contribution in [0, 0.1) is 5.92 Å². The normalized spacial score (nSPS) is 22.0. The third kappa shape index (κ3) is 3.44. The first-order valence-electron chi connectivity index (χ1n) is 7.63. The van der Waals surface area contributed by atoms with Gasteiger partial charge in [0.1, 0.15) is 5.78 Å². The van der Waals surface area contributed by atoms with E-state index in [2.05, 4.69) is 29.6 Å². The van der Waals surface area contributed by atoms with Gasteiger partial charge in [-0.25, -0.2) is 0 Å². The zero-order valence-electron chi connectivity index (χ0n) is 11.5. The van der Waals surface area contributed by atoms with Crippen LogP contribution in [0.5, 0.6) is 0 Å². The SMILES string of the molecule is O=C(CNCC1CC1)CC1CCCc2ccccc21. The minimum absolute atomic E-state index is 0.377. The lowest BCUT2D eigenvalue weighted by atomic mass is 9.80. The standard InChI is InChI=1S/C17H23NO/c19-16(12-18-11-13-8-9-13)10-15-6-3-5-14-4-1-2-7-17(14)15/h1-2,4,7,13,15,18H,3,5-6,8-12H2. The number of hydrogen-bond acceptors (Lipinski definition) is 2. The predicted molar refractivity (Wildman–Crippen MR) is 77.3 cm³/mol. The molecular formula is C17H23NO.